The van der Waals surface area contributed by atoms with Gasteiger partial charge in [-0.15, -0.1) is 0 Å². The predicted octanol–water partition coefficient (Wildman–Crippen LogP) is 3.12. The van der Waals surface area contributed by atoms with E-state index in [4.69, 9.17) is 15.5 Å². The second-order valence-corrected chi connectivity index (χ2v) is 7.19. The molecule has 1 aliphatic rings. The molecular formula is C22H22N6O. The van der Waals surface area contributed by atoms with Crippen molar-refractivity contribution in [1.29, 1.82) is 0 Å². The molecule has 3 heterocycles. The number of nitrogens with two attached hydrogens (primary N) is 1. The van der Waals surface area contributed by atoms with Crippen molar-refractivity contribution in [3.8, 4) is 22.4 Å². The van der Waals surface area contributed by atoms with Gasteiger partial charge in [0.15, 0.2) is 0 Å². The van der Waals surface area contributed by atoms with Crippen LogP contribution in [0.4, 0.5) is 11.5 Å². The quantitative estimate of drug-likeness (QED) is 0.545. The van der Waals surface area contributed by atoms with Gasteiger partial charge in [-0.3, -0.25) is 9.67 Å². The maximum atomic E-state index is 6.00. The number of benzene rings is 2. The van der Waals surface area contributed by atoms with Crippen LogP contribution in [-0.4, -0.2) is 46.1 Å². The lowest BCUT2D eigenvalue weighted by Gasteiger charge is -2.27. The van der Waals surface area contributed by atoms with Gasteiger partial charge in [0.05, 0.1) is 42.3 Å². The van der Waals surface area contributed by atoms with E-state index in [1.54, 1.807) is 0 Å². The molecule has 146 valence electrons. The van der Waals surface area contributed by atoms with E-state index >= 15 is 0 Å². The highest BCUT2D eigenvalue weighted by Crippen LogP contribution is 2.33. The summed E-state index contributed by atoms with van der Waals surface area (Å²) in [7, 11) is 1.94. The van der Waals surface area contributed by atoms with Crippen molar-refractivity contribution >= 4 is 22.5 Å². The summed E-state index contributed by atoms with van der Waals surface area (Å²) in [6.45, 7) is 3.11. The number of aromatic nitrogens is 4. The third-order valence-corrected chi connectivity index (χ3v) is 5.27. The maximum absolute atomic E-state index is 6.00. The molecule has 7 heteroatoms. The zero-order chi connectivity index (χ0) is 19.8. The lowest BCUT2D eigenvalue weighted by Crippen LogP contribution is -2.36. The molecule has 7 nitrogen and oxygen atoms in total. The van der Waals surface area contributed by atoms with Crippen LogP contribution in [0.25, 0.3) is 33.4 Å². The summed E-state index contributed by atoms with van der Waals surface area (Å²) in [5.74, 6) is 0.889. The van der Waals surface area contributed by atoms with Crippen molar-refractivity contribution in [2.45, 2.75) is 0 Å². The first-order valence-electron chi connectivity index (χ1n) is 9.67. The highest BCUT2D eigenvalue weighted by atomic mass is 16.5. The van der Waals surface area contributed by atoms with Gasteiger partial charge in [0.1, 0.15) is 5.82 Å². The maximum Gasteiger partial charge on any atom is 0.148 e. The molecule has 0 aliphatic carbocycles. The van der Waals surface area contributed by atoms with Gasteiger partial charge in [-0.25, -0.2) is 4.98 Å². The number of nitrogen functional groups attached to an aromatic ring is 1. The van der Waals surface area contributed by atoms with Gasteiger partial charge in [0.25, 0.3) is 0 Å². The summed E-state index contributed by atoms with van der Waals surface area (Å²) >= 11 is 0. The Hall–Kier alpha value is -3.45. The van der Waals surface area contributed by atoms with Crippen LogP contribution in [0.5, 0.6) is 0 Å². The first-order valence-corrected chi connectivity index (χ1v) is 9.67. The summed E-state index contributed by atoms with van der Waals surface area (Å²) < 4.78 is 7.32. The average molecular weight is 386 g/mol. The standard InChI is InChI=1S/C22H22N6O/c1-27-22(16-3-2-4-17(23)11-16)18(13-25-27)15-5-6-19-20(12-15)26-21(14-24-19)28-7-9-29-10-8-28/h2-6,11-14H,7-10,23H2,1H3. The summed E-state index contributed by atoms with van der Waals surface area (Å²) in [6, 6.07) is 14.0. The summed E-state index contributed by atoms with van der Waals surface area (Å²) in [4.78, 5) is 11.7. The van der Waals surface area contributed by atoms with Gasteiger partial charge >= 0.3 is 0 Å². The van der Waals surface area contributed by atoms with Crippen LogP contribution in [0.3, 0.4) is 0 Å². The molecule has 1 aliphatic heterocycles. The van der Waals surface area contributed by atoms with Crippen molar-refractivity contribution in [3.63, 3.8) is 0 Å². The summed E-state index contributed by atoms with van der Waals surface area (Å²) in [5, 5.41) is 4.49. The molecule has 0 bridgehead atoms. The SMILES string of the molecule is Cn1ncc(-c2ccc3ncc(N4CCOCC4)nc3c2)c1-c1cccc(N)c1. The first-order chi connectivity index (χ1) is 14.2. The van der Waals surface area contributed by atoms with E-state index in [1.807, 2.05) is 54.5 Å². The third-order valence-electron chi connectivity index (χ3n) is 5.27. The van der Waals surface area contributed by atoms with Crippen LogP contribution in [0, 0.1) is 0 Å². The van der Waals surface area contributed by atoms with Crippen molar-refractivity contribution in [3.05, 3.63) is 54.9 Å². The molecule has 0 radical (unpaired) electrons. The molecule has 2 aromatic heterocycles. The molecule has 1 saturated heterocycles. The molecule has 4 aromatic rings. The number of hydrogen-bond donors (Lipinski definition) is 1. The zero-order valence-electron chi connectivity index (χ0n) is 16.2. The molecule has 0 amide bonds. The monoisotopic (exact) mass is 386 g/mol. The van der Waals surface area contributed by atoms with Gasteiger partial charge in [0.2, 0.25) is 0 Å². The van der Waals surface area contributed by atoms with Gasteiger partial charge in [0, 0.05) is 37.0 Å². The fourth-order valence-corrected chi connectivity index (χ4v) is 3.79. The average Bonchev–Trinajstić information content (AvgIpc) is 3.15. The third kappa shape index (κ3) is 3.30. The molecule has 0 spiro atoms. The van der Waals surface area contributed by atoms with E-state index in [9.17, 15) is 0 Å². The Labute approximate surface area is 168 Å². The van der Waals surface area contributed by atoms with Crippen molar-refractivity contribution in [1.82, 2.24) is 19.7 Å². The highest BCUT2D eigenvalue weighted by molar-refractivity contribution is 5.87. The lowest BCUT2D eigenvalue weighted by atomic mass is 10.0. The van der Waals surface area contributed by atoms with Crippen LogP contribution < -0.4 is 10.6 Å². The van der Waals surface area contributed by atoms with Crippen LogP contribution in [-0.2, 0) is 11.8 Å². The smallest absolute Gasteiger partial charge is 0.148 e. The Morgan fingerprint density at radius 3 is 2.66 bits per heavy atom. The van der Waals surface area contributed by atoms with Crippen molar-refractivity contribution < 1.29 is 4.74 Å². The fourth-order valence-electron chi connectivity index (χ4n) is 3.79. The predicted molar refractivity (Wildman–Crippen MR) is 115 cm³/mol. The Kier molecular flexibility index (Phi) is 4.37. The number of rotatable bonds is 3. The molecular weight excluding hydrogens is 364 g/mol. The normalized spacial score (nSPS) is 14.4. The van der Waals surface area contributed by atoms with Crippen molar-refractivity contribution in [2.24, 2.45) is 7.05 Å². The van der Waals surface area contributed by atoms with E-state index < -0.39 is 0 Å². The minimum absolute atomic E-state index is 0.721. The largest absolute Gasteiger partial charge is 0.399 e. The molecule has 29 heavy (non-hydrogen) atoms. The molecule has 1 fully saturated rings. The first kappa shape index (κ1) is 17.6. The van der Waals surface area contributed by atoms with Crippen molar-refractivity contribution in [2.75, 3.05) is 36.9 Å². The van der Waals surface area contributed by atoms with E-state index in [1.165, 1.54) is 0 Å². The Morgan fingerprint density at radius 1 is 0.966 bits per heavy atom. The molecule has 2 aromatic carbocycles. The van der Waals surface area contributed by atoms with Gasteiger partial charge in [-0.1, -0.05) is 18.2 Å². The van der Waals surface area contributed by atoms with E-state index in [0.29, 0.717) is 0 Å². The number of aryl methyl sites for hydroxylation is 1. The van der Waals surface area contributed by atoms with E-state index in [0.717, 1.165) is 71.2 Å². The Balaban J connectivity index is 1.59. The number of nitrogens with zero attached hydrogens (tertiary/aromatic N) is 5. The number of ether oxygens (including phenoxy) is 1. The molecule has 0 atom stereocenters. The number of anilines is 2. The second kappa shape index (κ2) is 7.18. The minimum Gasteiger partial charge on any atom is -0.399 e. The second-order valence-electron chi connectivity index (χ2n) is 7.19. The van der Waals surface area contributed by atoms with Crippen LogP contribution in [0.2, 0.25) is 0 Å². The van der Waals surface area contributed by atoms with Gasteiger partial charge < -0.3 is 15.4 Å². The lowest BCUT2D eigenvalue weighted by molar-refractivity contribution is 0.122. The summed E-state index contributed by atoms with van der Waals surface area (Å²) in [6.07, 6.45) is 3.73. The van der Waals surface area contributed by atoms with E-state index in [-0.39, 0.29) is 0 Å². The molecule has 2 N–H and O–H groups in total. The Morgan fingerprint density at radius 2 is 1.83 bits per heavy atom. The molecule has 5 rings (SSSR count). The van der Waals surface area contributed by atoms with Gasteiger partial charge in [-0.05, 0) is 29.8 Å². The summed E-state index contributed by atoms with van der Waals surface area (Å²) in [5.41, 5.74) is 12.6. The zero-order valence-corrected chi connectivity index (χ0v) is 16.2. The molecule has 0 saturated carbocycles. The number of fused-ring (bicyclic) bond motifs is 1. The topological polar surface area (TPSA) is 82.1 Å². The van der Waals surface area contributed by atoms with E-state index in [2.05, 4.69) is 27.1 Å². The highest BCUT2D eigenvalue weighted by Gasteiger charge is 2.16. The molecule has 0 unspecified atom stereocenters. The van der Waals surface area contributed by atoms with Crippen LogP contribution in [0.1, 0.15) is 0 Å². The van der Waals surface area contributed by atoms with Crippen LogP contribution >= 0.6 is 0 Å². The van der Waals surface area contributed by atoms with Crippen LogP contribution in [0.15, 0.2) is 54.9 Å². The fraction of sp³-hybridized carbons (Fsp3) is 0.227. The Bertz CT molecular complexity index is 1180. The minimum atomic E-state index is 0.721. The number of hydrogen-bond acceptors (Lipinski definition) is 6. The number of morpholine rings is 1. The van der Waals surface area contributed by atoms with Gasteiger partial charge in [-0.2, -0.15) is 5.10 Å².